The molecule has 0 saturated heterocycles. The van der Waals surface area contributed by atoms with E-state index in [0.717, 1.165) is 47.9 Å². The molecule has 0 saturated carbocycles. The van der Waals surface area contributed by atoms with Gasteiger partial charge in [-0.25, -0.2) is 0 Å². The third-order valence-electron chi connectivity index (χ3n) is 5.55. The van der Waals surface area contributed by atoms with E-state index in [1.165, 1.54) is 38.5 Å². The molecule has 172 valence electrons. The maximum Gasteiger partial charge on any atom is 0.460 e. The van der Waals surface area contributed by atoms with E-state index in [0.29, 0.717) is 0 Å². The average Bonchev–Trinajstić information content (AvgIpc) is 2.81. The topological polar surface area (TPSA) is 36.9 Å². The predicted molar refractivity (Wildman–Crippen MR) is 131 cm³/mol. The van der Waals surface area contributed by atoms with Crippen LogP contribution < -0.4 is 18.3 Å². The van der Waals surface area contributed by atoms with Crippen LogP contribution in [-0.4, -0.2) is 22.8 Å². The molecule has 0 bridgehead atoms. The highest BCUT2D eigenvalue weighted by Gasteiger charge is 2.41. The largest absolute Gasteiger partial charge is 0.512 e. The zero-order valence-electron chi connectivity index (χ0n) is 19.8. The van der Waals surface area contributed by atoms with Crippen LogP contribution in [0.15, 0.2) is 48.5 Å². The molecule has 0 radical (unpaired) electrons. The van der Waals surface area contributed by atoms with E-state index in [4.69, 9.17) is 18.3 Å². The van der Waals surface area contributed by atoms with Crippen molar-refractivity contribution in [1.82, 2.24) is 0 Å². The molecule has 0 aliphatic heterocycles. The van der Waals surface area contributed by atoms with Gasteiger partial charge in [-0.05, 0) is 61.4 Å². The van der Waals surface area contributed by atoms with E-state index < -0.39 is 8.56 Å². The van der Waals surface area contributed by atoms with Gasteiger partial charge in [0.1, 0.15) is 23.0 Å². The molecular formula is C26H40O4Si. The molecule has 5 heteroatoms. The Morgan fingerprint density at radius 2 is 0.871 bits per heavy atom. The molecule has 0 heterocycles. The van der Waals surface area contributed by atoms with Crippen molar-refractivity contribution in [2.24, 2.45) is 0 Å². The molecule has 0 aliphatic rings. The van der Waals surface area contributed by atoms with Crippen molar-refractivity contribution in [2.45, 2.75) is 77.3 Å². The van der Waals surface area contributed by atoms with Crippen molar-refractivity contribution in [1.29, 1.82) is 0 Å². The van der Waals surface area contributed by atoms with Crippen molar-refractivity contribution in [2.75, 3.05) is 14.2 Å². The second-order valence-corrected chi connectivity index (χ2v) is 11.3. The second kappa shape index (κ2) is 14.0. The third-order valence-corrected chi connectivity index (χ3v) is 9.00. The Hall–Kier alpha value is -2.14. The molecule has 0 N–H and O–H groups in total. The fourth-order valence-electron chi connectivity index (χ4n) is 3.71. The minimum absolute atomic E-state index is 0.835. The summed E-state index contributed by atoms with van der Waals surface area (Å²) in [4.78, 5) is 0. The minimum atomic E-state index is -2.51. The van der Waals surface area contributed by atoms with Crippen LogP contribution in [0.1, 0.15) is 65.2 Å². The first kappa shape index (κ1) is 25.1. The molecule has 0 amide bonds. The van der Waals surface area contributed by atoms with Crippen LogP contribution in [0.3, 0.4) is 0 Å². The average molecular weight is 445 g/mol. The van der Waals surface area contributed by atoms with E-state index in [1.807, 2.05) is 48.5 Å². The molecule has 4 nitrogen and oxygen atoms in total. The number of rotatable bonds is 16. The fraction of sp³-hybridized carbons (Fsp3) is 0.538. The zero-order valence-corrected chi connectivity index (χ0v) is 20.8. The van der Waals surface area contributed by atoms with Gasteiger partial charge >= 0.3 is 8.56 Å². The van der Waals surface area contributed by atoms with Gasteiger partial charge in [0, 0.05) is 12.1 Å². The SMILES string of the molecule is CCCCCC[Si](CCCCCC)(Oc1ccc(OC)cc1)Oc1ccc(OC)cc1. The van der Waals surface area contributed by atoms with E-state index in [-0.39, 0.29) is 0 Å². The number of hydrogen-bond acceptors (Lipinski definition) is 4. The Kier molecular flexibility index (Phi) is 11.4. The maximum atomic E-state index is 6.75. The maximum absolute atomic E-state index is 6.75. The fourth-order valence-corrected chi connectivity index (χ4v) is 7.12. The van der Waals surface area contributed by atoms with E-state index in [9.17, 15) is 0 Å². The number of methoxy groups -OCH3 is 2. The molecule has 2 aromatic rings. The van der Waals surface area contributed by atoms with Gasteiger partial charge in [-0.1, -0.05) is 52.4 Å². The summed E-state index contributed by atoms with van der Waals surface area (Å²) in [6.07, 6.45) is 9.68. The molecule has 31 heavy (non-hydrogen) atoms. The standard InChI is InChI=1S/C26H40O4Si/c1-5-7-9-11-21-31(22-12-10-8-6-2,29-25-17-13-23(27-3)14-18-25)30-26-19-15-24(28-4)16-20-26/h13-20H,5-12,21-22H2,1-4H3. The first-order chi connectivity index (χ1) is 15.1. The number of ether oxygens (including phenoxy) is 2. The first-order valence-electron chi connectivity index (χ1n) is 11.8. The van der Waals surface area contributed by atoms with Crippen molar-refractivity contribution in [3.8, 4) is 23.0 Å². The summed E-state index contributed by atoms with van der Waals surface area (Å²) >= 11 is 0. The summed E-state index contributed by atoms with van der Waals surface area (Å²) in [7, 11) is 0.853. The lowest BCUT2D eigenvalue weighted by Gasteiger charge is -2.32. The number of unbranched alkanes of at least 4 members (excludes halogenated alkanes) is 6. The predicted octanol–water partition coefficient (Wildman–Crippen LogP) is 7.76. The molecule has 0 fully saturated rings. The Bertz CT molecular complexity index is 652. The van der Waals surface area contributed by atoms with Gasteiger partial charge < -0.3 is 18.3 Å². The summed E-state index contributed by atoms with van der Waals surface area (Å²) in [5, 5.41) is 0. The van der Waals surface area contributed by atoms with Crippen LogP contribution in [-0.2, 0) is 0 Å². The quantitative estimate of drug-likeness (QED) is 0.196. The van der Waals surface area contributed by atoms with Gasteiger partial charge in [-0.3, -0.25) is 0 Å². The highest BCUT2D eigenvalue weighted by Crippen LogP contribution is 2.31. The molecule has 0 spiro atoms. The summed E-state index contributed by atoms with van der Waals surface area (Å²) < 4.78 is 24.1. The second-order valence-electron chi connectivity index (χ2n) is 8.09. The van der Waals surface area contributed by atoms with Crippen molar-refractivity contribution >= 4 is 8.56 Å². The summed E-state index contributed by atoms with van der Waals surface area (Å²) in [6.45, 7) is 4.49. The van der Waals surface area contributed by atoms with Crippen LogP contribution in [0.5, 0.6) is 23.0 Å². The third kappa shape index (κ3) is 8.86. The van der Waals surface area contributed by atoms with Gasteiger partial charge in [0.15, 0.2) is 0 Å². The van der Waals surface area contributed by atoms with Gasteiger partial charge in [0.25, 0.3) is 0 Å². The van der Waals surface area contributed by atoms with Gasteiger partial charge in [-0.2, -0.15) is 0 Å². The lowest BCUT2D eigenvalue weighted by molar-refractivity contribution is 0.367. The first-order valence-corrected chi connectivity index (χ1v) is 14.0. The summed E-state index contributed by atoms with van der Waals surface area (Å²) in [6, 6.07) is 17.8. The van der Waals surface area contributed by atoms with Gasteiger partial charge in [0.2, 0.25) is 0 Å². The number of hydrogen-bond donors (Lipinski definition) is 0. The van der Waals surface area contributed by atoms with Crippen LogP contribution in [0, 0.1) is 0 Å². The van der Waals surface area contributed by atoms with Crippen LogP contribution >= 0.6 is 0 Å². The number of benzene rings is 2. The molecule has 0 aliphatic carbocycles. The Labute approximate surface area is 190 Å². The van der Waals surface area contributed by atoms with Crippen LogP contribution in [0.2, 0.25) is 12.1 Å². The van der Waals surface area contributed by atoms with Crippen LogP contribution in [0.4, 0.5) is 0 Å². The zero-order chi connectivity index (χ0) is 22.4. The highest BCUT2D eigenvalue weighted by molar-refractivity contribution is 6.68. The molecular weight excluding hydrogens is 404 g/mol. The Morgan fingerprint density at radius 1 is 0.516 bits per heavy atom. The van der Waals surface area contributed by atoms with Gasteiger partial charge in [0.05, 0.1) is 14.2 Å². The summed E-state index contributed by atoms with van der Waals surface area (Å²) in [5.74, 6) is 3.40. The van der Waals surface area contributed by atoms with E-state index >= 15 is 0 Å². The monoisotopic (exact) mass is 444 g/mol. The molecule has 2 rings (SSSR count). The molecule has 0 unspecified atom stereocenters. The van der Waals surface area contributed by atoms with E-state index in [1.54, 1.807) is 14.2 Å². The minimum Gasteiger partial charge on any atom is -0.512 e. The Morgan fingerprint density at radius 3 is 1.19 bits per heavy atom. The van der Waals surface area contributed by atoms with Crippen molar-refractivity contribution in [3.05, 3.63) is 48.5 Å². The lowest BCUT2D eigenvalue weighted by Crippen LogP contribution is -2.48. The normalized spacial score (nSPS) is 11.2. The molecule has 0 aromatic heterocycles. The van der Waals surface area contributed by atoms with Gasteiger partial charge in [-0.15, -0.1) is 0 Å². The van der Waals surface area contributed by atoms with Crippen molar-refractivity contribution in [3.63, 3.8) is 0 Å². The van der Waals surface area contributed by atoms with Crippen molar-refractivity contribution < 1.29 is 18.3 Å². The molecule has 0 atom stereocenters. The van der Waals surface area contributed by atoms with Crippen LogP contribution in [0.25, 0.3) is 0 Å². The smallest absolute Gasteiger partial charge is 0.460 e. The molecule has 2 aromatic carbocycles. The van der Waals surface area contributed by atoms with E-state index in [2.05, 4.69) is 13.8 Å². The highest BCUT2D eigenvalue weighted by atomic mass is 28.4. The Balaban J connectivity index is 2.25. The lowest BCUT2D eigenvalue weighted by atomic mass is 10.2. The summed E-state index contributed by atoms with van der Waals surface area (Å²) in [5.41, 5.74) is 0.